The molecule has 6 nitrogen and oxygen atoms in total. The van der Waals surface area contributed by atoms with Gasteiger partial charge in [0.1, 0.15) is 0 Å². The van der Waals surface area contributed by atoms with Crippen LogP contribution in [0.5, 0.6) is 0 Å². The third kappa shape index (κ3) is 47.7. The van der Waals surface area contributed by atoms with Crippen molar-refractivity contribution < 1.29 is 24.5 Å². The second kappa shape index (κ2) is 51.0. The predicted octanol–water partition coefficient (Wildman–Crippen LogP) is 16.3. The van der Waals surface area contributed by atoms with Crippen molar-refractivity contribution in [3.63, 3.8) is 0 Å². The molecule has 0 radical (unpaired) electrons. The first-order chi connectivity index (χ1) is 30.0. The summed E-state index contributed by atoms with van der Waals surface area (Å²) >= 11 is 0. The van der Waals surface area contributed by atoms with Gasteiger partial charge in [0.05, 0.1) is 25.4 Å². The molecule has 0 saturated heterocycles. The molecule has 0 aliphatic carbocycles. The van der Waals surface area contributed by atoms with Crippen molar-refractivity contribution in [2.24, 2.45) is 0 Å². The molecule has 0 aliphatic heterocycles. The number of ether oxygens (including phenoxy) is 1. The van der Waals surface area contributed by atoms with Crippen LogP contribution in [0.2, 0.25) is 0 Å². The van der Waals surface area contributed by atoms with E-state index in [1.54, 1.807) is 0 Å². The van der Waals surface area contributed by atoms with E-state index in [0.717, 1.165) is 51.4 Å². The Morgan fingerprint density at radius 2 is 0.820 bits per heavy atom. The van der Waals surface area contributed by atoms with Crippen LogP contribution in [0.1, 0.15) is 290 Å². The molecule has 0 rings (SSSR count). The monoisotopic (exact) mass is 860 g/mol. The van der Waals surface area contributed by atoms with Gasteiger partial charge in [0.25, 0.3) is 0 Å². The van der Waals surface area contributed by atoms with E-state index in [1.807, 2.05) is 0 Å². The molecule has 0 spiro atoms. The van der Waals surface area contributed by atoms with Crippen LogP contribution in [0.15, 0.2) is 24.3 Å². The number of aliphatic hydroxyl groups is 2. The highest BCUT2D eigenvalue weighted by Gasteiger charge is 2.20. The van der Waals surface area contributed by atoms with Crippen molar-refractivity contribution in [1.82, 2.24) is 5.32 Å². The highest BCUT2D eigenvalue weighted by atomic mass is 16.5. The zero-order valence-electron chi connectivity index (χ0n) is 40.9. The highest BCUT2D eigenvalue weighted by molar-refractivity contribution is 5.76. The lowest BCUT2D eigenvalue weighted by Crippen LogP contribution is -2.45. The van der Waals surface area contributed by atoms with Gasteiger partial charge in [-0.05, 0) is 57.8 Å². The van der Waals surface area contributed by atoms with Gasteiger partial charge in [0.2, 0.25) is 5.91 Å². The molecule has 0 aromatic heterocycles. The molecule has 2 unspecified atom stereocenters. The van der Waals surface area contributed by atoms with Crippen LogP contribution in [0.3, 0.4) is 0 Å². The van der Waals surface area contributed by atoms with Crippen LogP contribution in [0.25, 0.3) is 0 Å². The zero-order chi connectivity index (χ0) is 44.4. The molecule has 0 aromatic carbocycles. The van der Waals surface area contributed by atoms with Gasteiger partial charge in [0.15, 0.2) is 0 Å². The van der Waals surface area contributed by atoms with Crippen LogP contribution in [-0.4, -0.2) is 47.4 Å². The van der Waals surface area contributed by atoms with Crippen molar-refractivity contribution >= 4 is 11.9 Å². The Labute approximate surface area is 380 Å². The Morgan fingerprint density at radius 1 is 0.459 bits per heavy atom. The maximum atomic E-state index is 12.4. The number of hydrogen-bond acceptors (Lipinski definition) is 5. The molecule has 0 saturated carbocycles. The van der Waals surface area contributed by atoms with Crippen molar-refractivity contribution in [2.75, 3.05) is 13.2 Å². The molecule has 6 heteroatoms. The molecule has 0 bridgehead atoms. The number of amides is 1. The highest BCUT2D eigenvalue weighted by Crippen LogP contribution is 2.16. The summed E-state index contributed by atoms with van der Waals surface area (Å²) in [5.74, 6) is -0.0406. The van der Waals surface area contributed by atoms with Gasteiger partial charge in [-0.3, -0.25) is 9.59 Å². The Hall–Kier alpha value is -1.66. The van der Waals surface area contributed by atoms with Gasteiger partial charge in [-0.1, -0.05) is 244 Å². The van der Waals surface area contributed by atoms with Gasteiger partial charge in [0, 0.05) is 12.8 Å². The first-order valence-electron chi connectivity index (χ1n) is 27.1. The Morgan fingerprint density at radius 3 is 1.25 bits per heavy atom. The first-order valence-corrected chi connectivity index (χ1v) is 27.1. The fourth-order valence-electron chi connectivity index (χ4n) is 8.32. The standard InChI is InChI=1S/C55H105NO5/c1-3-5-7-9-11-13-28-33-37-41-45-49-55(60)61-50-46-42-38-34-30-27-25-23-21-19-17-15-16-18-20-22-24-26-29-32-36-40-44-48-54(59)56-52(51-57)53(58)47-43-39-35-31-14-12-10-8-6-4-2/h15,17-18,20,52-53,57-58H,3-14,16,19,21-51H2,1-2H3,(H,56,59)/b17-15-,20-18-. The second-order valence-electron chi connectivity index (χ2n) is 18.6. The number of carbonyl (C=O) groups excluding carboxylic acids is 2. The van der Waals surface area contributed by atoms with Gasteiger partial charge in [-0.25, -0.2) is 0 Å². The minimum Gasteiger partial charge on any atom is -0.466 e. The Bertz CT molecular complexity index is 951. The number of rotatable bonds is 50. The van der Waals surface area contributed by atoms with E-state index in [1.165, 1.54) is 205 Å². The minimum atomic E-state index is -0.668. The molecule has 61 heavy (non-hydrogen) atoms. The summed E-state index contributed by atoms with van der Waals surface area (Å²) in [6, 6.07) is -0.547. The summed E-state index contributed by atoms with van der Waals surface area (Å²) in [7, 11) is 0. The molecule has 0 aliphatic rings. The first kappa shape index (κ1) is 59.3. The fraction of sp³-hybridized carbons (Fsp3) is 0.891. The summed E-state index contributed by atoms with van der Waals surface area (Å²) in [6.07, 6.45) is 60.2. The Balaban J connectivity index is 3.44. The van der Waals surface area contributed by atoms with Gasteiger partial charge in [-0.2, -0.15) is 0 Å². The van der Waals surface area contributed by atoms with Gasteiger partial charge < -0.3 is 20.3 Å². The van der Waals surface area contributed by atoms with Crippen molar-refractivity contribution in [2.45, 2.75) is 302 Å². The molecular formula is C55H105NO5. The summed E-state index contributed by atoms with van der Waals surface area (Å²) in [5.41, 5.74) is 0. The van der Waals surface area contributed by atoms with Gasteiger partial charge >= 0.3 is 5.97 Å². The van der Waals surface area contributed by atoms with E-state index in [2.05, 4.69) is 43.5 Å². The molecule has 360 valence electrons. The quantitative estimate of drug-likeness (QED) is 0.0322. The van der Waals surface area contributed by atoms with Crippen molar-refractivity contribution in [1.29, 1.82) is 0 Å². The smallest absolute Gasteiger partial charge is 0.305 e. The van der Waals surface area contributed by atoms with E-state index in [-0.39, 0.29) is 18.5 Å². The average Bonchev–Trinajstić information content (AvgIpc) is 3.26. The van der Waals surface area contributed by atoms with E-state index in [0.29, 0.717) is 25.9 Å². The van der Waals surface area contributed by atoms with Crippen LogP contribution < -0.4 is 5.32 Å². The molecule has 0 aromatic rings. The summed E-state index contributed by atoms with van der Waals surface area (Å²) in [6.45, 7) is 4.93. The van der Waals surface area contributed by atoms with Crippen LogP contribution in [0.4, 0.5) is 0 Å². The lowest BCUT2D eigenvalue weighted by molar-refractivity contribution is -0.143. The number of hydrogen-bond donors (Lipinski definition) is 3. The Kier molecular flexibility index (Phi) is 49.6. The fourth-order valence-corrected chi connectivity index (χ4v) is 8.32. The van der Waals surface area contributed by atoms with Crippen molar-refractivity contribution in [3.8, 4) is 0 Å². The lowest BCUT2D eigenvalue weighted by atomic mass is 10.0. The number of aliphatic hydroxyl groups excluding tert-OH is 2. The SMILES string of the molecule is CCCCCCCCCCCCCC(=O)OCCCCCCCCCCC/C=C\C/C=C\CCCCCCCCCC(=O)NC(CO)C(O)CCCCCCCCCCCC. The zero-order valence-corrected chi connectivity index (χ0v) is 40.9. The summed E-state index contributed by atoms with van der Waals surface area (Å²) in [5, 5.41) is 23.1. The van der Waals surface area contributed by atoms with Crippen molar-refractivity contribution in [3.05, 3.63) is 24.3 Å². The number of allylic oxidation sites excluding steroid dienone is 4. The molecule has 3 N–H and O–H groups in total. The third-order valence-corrected chi connectivity index (χ3v) is 12.5. The largest absolute Gasteiger partial charge is 0.466 e. The molecule has 0 fully saturated rings. The molecule has 0 heterocycles. The lowest BCUT2D eigenvalue weighted by Gasteiger charge is -2.22. The number of nitrogens with one attached hydrogen (secondary N) is 1. The predicted molar refractivity (Wildman–Crippen MR) is 264 cm³/mol. The minimum absolute atomic E-state index is 0.00645. The number of esters is 1. The normalized spacial score (nSPS) is 12.8. The topological polar surface area (TPSA) is 95.9 Å². The molecular weight excluding hydrogens is 755 g/mol. The van der Waals surface area contributed by atoms with Crippen LogP contribution in [-0.2, 0) is 14.3 Å². The summed E-state index contributed by atoms with van der Waals surface area (Å²) in [4.78, 5) is 24.4. The van der Waals surface area contributed by atoms with Gasteiger partial charge in [-0.15, -0.1) is 0 Å². The number of unbranched alkanes of at least 4 members (excludes halogenated alkanes) is 35. The van der Waals surface area contributed by atoms with Crippen LogP contribution in [0, 0.1) is 0 Å². The van der Waals surface area contributed by atoms with E-state index < -0.39 is 12.1 Å². The average molecular weight is 860 g/mol. The third-order valence-electron chi connectivity index (χ3n) is 12.5. The number of carbonyl (C=O) groups is 2. The van der Waals surface area contributed by atoms with E-state index in [9.17, 15) is 19.8 Å². The van der Waals surface area contributed by atoms with Crippen LogP contribution >= 0.6 is 0 Å². The maximum Gasteiger partial charge on any atom is 0.305 e. The summed E-state index contributed by atoms with van der Waals surface area (Å²) < 4.78 is 5.45. The molecule has 1 amide bonds. The van der Waals surface area contributed by atoms with E-state index >= 15 is 0 Å². The second-order valence-corrected chi connectivity index (χ2v) is 18.6. The molecule has 2 atom stereocenters. The maximum absolute atomic E-state index is 12.4. The van der Waals surface area contributed by atoms with E-state index in [4.69, 9.17) is 4.74 Å².